The van der Waals surface area contributed by atoms with Crippen LogP contribution < -0.4 is 19.7 Å². The number of benzene rings is 2. The molecule has 1 aliphatic rings. The van der Waals surface area contributed by atoms with Gasteiger partial charge in [0.1, 0.15) is 23.9 Å². The van der Waals surface area contributed by atoms with Gasteiger partial charge < -0.3 is 19.5 Å². The first-order valence-electron chi connectivity index (χ1n) is 13.2. The van der Waals surface area contributed by atoms with Crippen molar-refractivity contribution in [2.75, 3.05) is 51.7 Å². The Labute approximate surface area is 240 Å². The summed E-state index contributed by atoms with van der Waals surface area (Å²) in [7, 11) is 4.84. The molecule has 0 unspecified atom stereocenters. The first-order chi connectivity index (χ1) is 19.1. The summed E-state index contributed by atoms with van der Waals surface area (Å²) in [6.45, 7) is 8.93. The fourth-order valence-electron chi connectivity index (χ4n) is 4.82. The first kappa shape index (κ1) is 29.5. The minimum absolute atomic E-state index is 0.140. The lowest BCUT2D eigenvalue weighted by atomic mass is 9.87. The average Bonchev–Trinajstić information content (AvgIpc) is 3.26. The van der Waals surface area contributed by atoms with Crippen molar-refractivity contribution < 1.29 is 23.8 Å². The normalized spacial score (nSPS) is 15.4. The molecule has 1 N–H and O–H groups in total. The first-order valence-corrected chi connectivity index (χ1v) is 14.2. The van der Waals surface area contributed by atoms with Crippen LogP contribution in [0.15, 0.2) is 42.5 Å². The third-order valence-corrected chi connectivity index (χ3v) is 8.03. The van der Waals surface area contributed by atoms with Crippen molar-refractivity contribution in [1.29, 1.82) is 0 Å². The number of fused-ring (bicyclic) bond motifs is 1. The SMILES string of the molecule is COCCNC(=O)CN1C(=O)CS[C@H](c2cc(OC)ccc2OC)c2c(C(C)(C)C)nn(-c3ccccc3C)c21. The molecule has 1 aromatic heterocycles. The van der Waals surface area contributed by atoms with E-state index >= 15 is 0 Å². The topological polar surface area (TPSA) is 94.9 Å². The Balaban J connectivity index is 2.02. The summed E-state index contributed by atoms with van der Waals surface area (Å²) in [5, 5.41) is 7.71. The Morgan fingerprint density at radius 2 is 1.88 bits per heavy atom. The molecule has 0 radical (unpaired) electrons. The molecule has 2 amide bonds. The number of rotatable bonds is 9. The van der Waals surface area contributed by atoms with Crippen molar-refractivity contribution in [3.63, 3.8) is 0 Å². The molecule has 0 fully saturated rings. The number of hydrogen-bond acceptors (Lipinski definition) is 7. The lowest BCUT2D eigenvalue weighted by Crippen LogP contribution is -2.43. The second-order valence-corrected chi connectivity index (χ2v) is 11.7. The van der Waals surface area contributed by atoms with Crippen LogP contribution in [0, 0.1) is 6.92 Å². The lowest BCUT2D eigenvalue weighted by molar-refractivity contribution is -0.123. The zero-order valence-corrected chi connectivity index (χ0v) is 25.1. The van der Waals surface area contributed by atoms with Crippen molar-refractivity contribution in [3.8, 4) is 17.2 Å². The van der Waals surface area contributed by atoms with Crippen LogP contribution in [0.3, 0.4) is 0 Å². The predicted octanol–water partition coefficient (Wildman–Crippen LogP) is 4.43. The van der Waals surface area contributed by atoms with Crippen molar-refractivity contribution in [2.24, 2.45) is 0 Å². The van der Waals surface area contributed by atoms with Gasteiger partial charge in [-0.05, 0) is 36.8 Å². The van der Waals surface area contributed by atoms with Crippen LogP contribution in [0.1, 0.15) is 48.4 Å². The average molecular weight is 567 g/mol. The molecular formula is C30H38N4O5S. The van der Waals surface area contributed by atoms with Crippen molar-refractivity contribution >= 4 is 29.4 Å². The number of thioether (sulfide) groups is 1. The van der Waals surface area contributed by atoms with Gasteiger partial charge in [0.15, 0.2) is 0 Å². The molecule has 40 heavy (non-hydrogen) atoms. The number of nitrogens with one attached hydrogen (secondary N) is 1. The molecule has 1 atom stereocenters. The summed E-state index contributed by atoms with van der Waals surface area (Å²) in [5.41, 5.74) is 4.06. The number of carbonyl (C=O) groups is 2. The molecule has 0 aliphatic carbocycles. The van der Waals surface area contributed by atoms with Crippen LogP contribution in [-0.4, -0.2) is 68.4 Å². The quantitative estimate of drug-likeness (QED) is 0.383. The number of aromatic nitrogens is 2. The third kappa shape index (κ3) is 5.97. The number of aryl methyl sites for hydroxylation is 1. The maximum atomic E-state index is 13.8. The van der Waals surface area contributed by atoms with Gasteiger partial charge in [0.2, 0.25) is 11.8 Å². The van der Waals surface area contributed by atoms with Gasteiger partial charge in [-0.2, -0.15) is 5.10 Å². The van der Waals surface area contributed by atoms with Crippen LogP contribution in [0.4, 0.5) is 5.82 Å². The van der Waals surface area contributed by atoms with E-state index in [-0.39, 0.29) is 34.8 Å². The van der Waals surface area contributed by atoms with Gasteiger partial charge in [-0.25, -0.2) is 4.68 Å². The lowest BCUT2D eigenvalue weighted by Gasteiger charge is -2.25. The third-order valence-electron chi connectivity index (χ3n) is 6.79. The standard InChI is InChI=1S/C30H38N4O5S/c1-19-10-8-9-11-22(19)34-29-26(28(32-34)30(2,3)4)27(21-16-20(38-6)12-13-23(21)39-7)40-18-25(36)33(29)17-24(35)31-14-15-37-5/h8-13,16,27H,14-15,17-18H2,1-7H3,(H,31,35)/t27-/m1/s1. The van der Waals surface area contributed by atoms with Crippen LogP contribution >= 0.6 is 11.8 Å². The van der Waals surface area contributed by atoms with Crippen LogP contribution in [0.5, 0.6) is 11.5 Å². The zero-order valence-electron chi connectivity index (χ0n) is 24.2. The van der Waals surface area contributed by atoms with Gasteiger partial charge in [0.05, 0.1) is 43.2 Å². The number of amides is 2. The molecule has 4 rings (SSSR count). The second-order valence-electron chi connectivity index (χ2n) is 10.7. The fourth-order valence-corrected chi connectivity index (χ4v) is 6.04. The van der Waals surface area contributed by atoms with Gasteiger partial charge in [-0.3, -0.25) is 14.5 Å². The number of nitrogens with zero attached hydrogens (tertiary/aromatic N) is 3. The Hall–Kier alpha value is -3.50. The minimum atomic E-state index is -0.372. The van der Waals surface area contributed by atoms with Crippen molar-refractivity contribution in [2.45, 2.75) is 38.4 Å². The van der Waals surface area contributed by atoms with E-state index in [0.29, 0.717) is 30.5 Å². The van der Waals surface area contributed by atoms with E-state index in [1.165, 1.54) is 11.8 Å². The molecule has 2 heterocycles. The predicted molar refractivity (Wildman–Crippen MR) is 158 cm³/mol. The monoisotopic (exact) mass is 566 g/mol. The highest BCUT2D eigenvalue weighted by Crippen LogP contribution is 2.51. The summed E-state index contributed by atoms with van der Waals surface area (Å²) in [4.78, 5) is 28.5. The summed E-state index contributed by atoms with van der Waals surface area (Å²) in [6, 6.07) is 13.6. The molecule has 0 spiro atoms. The van der Waals surface area contributed by atoms with Crippen molar-refractivity contribution in [3.05, 3.63) is 64.8 Å². The van der Waals surface area contributed by atoms with Gasteiger partial charge in [0, 0.05) is 30.2 Å². The van der Waals surface area contributed by atoms with E-state index in [0.717, 1.165) is 28.1 Å². The molecule has 0 saturated heterocycles. The highest BCUT2D eigenvalue weighted by molar-refractivity contribution is 8.00. The maximum absolute atomic E-state index is 13.8. The summed E-state index contributed by atoms with van der Waals surface area (Å²) >= 11 is 1.50. The number of para-hydroxylation sites is 1. The highest BCUT2D eigenvalue weighted by atomic mass is 32.2. The summed E-state index contributed by atoms with van der Waals surface area (Å²) in [6.07, 6.45) is 0. The molecule has 0 saturated carbocycles. The Morgan fingerprint density at radius 1 is 1.12 bits per heavy atom. The van der Waals surface area contributed by atoms with E-state index in [9.17, 15) is 9.59 Å². The smallest absolute Gasteiger partial charge is 0.240 e. The molecule has 2 aromatic carbocycles. The van der Waals surface area contributed by atoms with Gasteiger partial charge in [-0.15, -0.1) is 11.8 Å². The fraction of sp³-hybridized carbons (Fsp3) is 0.433. The number of hydrogen-bond donors (Lipinski definition) is 1. The molecule has 10 heteroatoms. The van der Waals surface area contributed by atoms with E-state index in [4.69, 9.17) is 19.3 Å². The van der Waals surface area contributed by atoms with E-state index in [1.807, 2.05) is 54.1 Å². The minimum Gasteiger partial charge on any atom is -0.497 e. The number of anilines is 1. The molecule has 1 aliphatic heterocycles. The van der Waals surface area contributed by atoms with Crippen LogP contribution in [-0.2, 0) is 19.7 Å². The van der Waals surface area contributed by atoms with Gasteiger partial charge >= 0.3 is 0 Å². The molecule has 214 valence electrons. The number of ether oxygens (including phenoxy) is 3. The van der Waals surface area contributed by atoms with Gasteiger partial charge in [-0.1, -0.05) is 39.0 Å². The van der Waals surface area contributed by atoms with E-state index < -0.39 is 0 Å². The molecule has 0 bridgehead atoms. The highest BCUT2D eigenvalue weighted by Gasteiger charge is 2.41. The van der Waals surface area contributed by atoms with Crippen LogP contribution in [0.25, 0.3) is 5.69 Å². The molecule has 3 aromatic rings. The van der Waals surface area contributed by atoms with Crippen molar-refractivity contribution in [1.82, 2.24) is 15.1 Å². The maximum Gasteiger partial charge on any atom is 0.240 e. The van der Waals surface area contributed by atoms with Crippen LogP contribution in [0.2, 0.25) is 0 Å². The second kappa shape index (κ2) is 12.3. The zero-order chi connectivity index (χ0) is 29.0. The molecular weight excluding hydrogens is 528 g/mol. The van der Waals surface area contributed by atoms with E-state index in [2.05, 4.69) is 26.1 Å². The Morgan fingerprint density at radius 3 is 2.52 bits per heavy atom. The Bertz CT molecular complexity index is 1380. The number of carbonyl (C=O) groups excluding carboxylic acids is 2. The summed E-state index contributed by atoms with van der Waals surface area (Å²) < 4.78 is 18.3. The largest absolute Gasteiger partial charge is 0.497 e. The number of methoxy groups -OCH3 is 3. The summed E-state index contributed by atoms with van der Waals surface area (Å²) in [5.74, 6) is 1.69. The van der Waals surface area contributed by atoms with E-state index in [1.54, 1.807) is 26.2 Å². The molecule has 9 nitrogen and oxygen atoms in total. The van der Waals surface area contributed by atoms with Gasteiger partial charge in [0.25, 0.3) is 0 Å². The Kier molecular flexibility index (Phi) is 9.10.